The molecule has 1 N–H and O–H groups in total. The summed E-state index contributed by atoms with van der Waals surface area (Å²) < 4.78 is 11.6. The minimum atomic E-state index is -0.0581. The molecule has 30 heavy (non-hydrogen) atoms. The van der Waals surface area contributed by atoms with E-state index in [0.29, 0.717) is 19.6 Å². The molecule has 1 saturated heterocycles. The van der Waals surface area contributed by atoms with Crippen LogP contribution in [0, 0.1) is 0 Å². The molecule has 2 aromatic rings. The molecule has 4 rings (SSSR count). The molecule has 2 aliphatic rings. The Balaban J connectivity index is 1.37. The van der Waals surface area contributed by atoms with Crippen LogP contribution in [0.1, 0.15) is 43.4 Å². The lowest BCUT2D eigenvalue weighted by atomic mass is 10.1. The number of nitrogens with zero attached hydrogens (tertiary/aromatic N) is 1. The van der Waals surface area contributed by atoms with Crippen LogP contribution < -0.4 is 19.7 Å². The Hall–Kier alpha value is -3.02. The van der Waals surface area contributed by atoms with Crippen molar-refractivity contribution in [3.63, 3.8) is 0 Å². The van der Waals surface area contributed by atoms with E-state index in [9.17, 15) is 9.59 Å². The minimum absolute atomic E-state index is 0.0581. The van der Waals surface area contributed by atoms with E-state index in [2.05, 4.69) is 5.32 Å². The molecule has 2 aliphatic heterocycles. The van der Waals surface area contributed by atoms with E-state index in [0.717, 1.165) is 53.3 Å². The number of carbonyl (C=O) groups excluding carboxylic acids is 2. The Morgan fingerprint density at radius 1 is 1.27 bits per heavy atom. The van der Waals surface area contributed by atoms with E-state index in [1.807, 2.05) is 50.2 Å². The normalized spacial score (nSPS) is 17.6. The highest BCUT2D eigenvalue weighted by Gasteiger charge is 2.23. The Morgan fingerprint density at radius 2 is 2.07 bits per heavy atom. The summed E-state index contributed by atoms with van der Waals surface area (Å²) in [6, 6.07) is 11.7. The summed E-state index contributed by atoms with van der Waals surface area (Å²) in [5.74, 6) is 1.78. The third kappa shape index (κ3) is 4.42. The number of hydrogen-bond donors (Lipinski definition) is 1. The molecular weight excluding hydrogens is 380 g/mol. The van der Waals surface area contributed by atoms with E-state index >= 15 is 0 Å². The summed E-state index contributed by atoms with van der Waals surface area (Å²) in [6.07, 6.45) is 2.84. The number of rotatable bonds is 7. The summed E-state index contributed by atoms with van der Waals surface area (Å²) in [6.45, 7) is 5.73. The van der Waals surface area contributed by atoms with Crippen molar-refractivity contribution >= 4 is 17.5 Å². The summed E-state index contributed by atoms with van der Waals surface area (Å²) in [4.78, 5) is 26.2. The molecule has 0 bridgehead atoms. The van der Waals surface area contributed by atoms with Crippen molar-refractivity contribution in [2.24, 2.45) is 0 Å². The standard InChI is InChI=1S/C24H28N2O4/c1-3-29-21-13-18-11-16(2)30-22(18)14-19(21)15-25-23(27)12-17-6-8-20(9-7-17)26-10-4-5-24(26)28/h6-9,13-14,16H,3-5,10-12,15H2,1-2H3,(H,25,27)/t16-/m0/s1. The van der Waals surface area contributed by atoms with E-state index in [-0.39, 0.29) is 24.3 Å². The van der Waals surface area contributed by atoms with Gasteiger partial charge in [0.05, 0.1) is 13.0 Å². The average molecular weight is 408 g/mol. The van der Waals surface area contributed by atoms with Crippen molar-refractivity contribution in [3.05, 3.63) is 53.1 Å². The second kappa shape index (κ2) is 8.78. The minimum Gasteiger partial charge on any atom is -0.494 e. The van der Waals surface area contributed by atoms with Crippen LogP contribution in [0.15, 0.2) is 36.4 Å². The molecule has 0 aromatic heterocycles. The van der Waals surface area contributed by atoms with Gasteiger partial charge in [-0.25, -0.2) is 0 Å². The fraction of sp³-hybridized carbons (Fsp3) is 0.417. The van der Waals surface area contributed by atoms with E-state index in [1.165, 1.54) is 0 Å². The van der Waals surface area contributed by atoms with Crippen LogP contribution in [-0.2, 0) is 29.0 Å². The first kappa shape index (κ1) is 20.3. The Kier molecular flexibility index (Phi) is 5.93. The lowest BCUT2D eigenvalue weighted by Gasteiger charge is -2.16. The van der Waals surface area contributed by atoms with Crippen molar-refractivity contribution in [2.45, 2.75) is 52.2 Å². The maximum atomic E-state index is 12.5. The number of fused-ring (bicyclic) bond motifs is 1. The highest BCUT2D eigenvalue weighted by atomic mass is 16.5. The number of hydrogen-bond acceptors (Lipinski definition) is 4. The third-order valence-electron chi connectivity index (χ3n) is 5.54. The molecule has 0 spiro atoms. The predicted molar refractivity (Wildman–Crippen MR) is 115 cm³/mol. The van der Waals surface area contributed by atoms with Crippen LogP contribution in [0.25, 0.3) is 0 Å². The fourth-order valence-corrected chi connectivity index (χ4v) is 4.07. The molecule has 0 aliphatic carbocycles. The van der Waals surface area contributed by atoms with Crippen LogP contribution in [0.4, 0.5) is 5.69 Å². The van der Waals surface area contributed by atoms with Crippen molar-refractivity contribution in [1.29, 1.82) is 0 Å². The number of carbonyl (C=O) groups is 2. The van der Waals surface area contributed by atoms with Gasteiger partial charge in [-0.15, -0.1) is 0 Å². The molecule has 0 saturated carbocycles. The largest absolute Gasteiger partial charge is 0.494 e. The van der Waals surface area contributed by atoms with E-state index < -0.39 is 0 Å². The van der Waals surface area contributed by atoms with Gasteiger partial charge in [0.2, 0.25) is 11.8 Å². The molecule has 6 nitrogen and oxygen atoms in total. The number of benzene rings is 2. The van der Waals surface area contributed by atoms with Crippen molar-refractivity contribution in [2.75, 3.05) is 18.1 Å². The van der Waals surface area contributed by atoms with Gasteiger partial charge >= 0.3 is 0 Å². The average Bonchev–Trinajstić information content (AvgIpc) is 3.31. The molecule has 158 valence electrons. The van der Waals surface area contributed by atoms with Crippen molar-refractivity contribution in [1.82, 2.24) is 5.32 Å². The zero-order chi connectivity index (χ0) is 21.1. The van der Waals surface area contributed by atoms with Crippen LogP contribution >= 0.6 is 0 Å². The van der Waals surface area contributed by atoms with E-state index in [1.54, 1.807) is 4.90 Å². The quantitative estimate of drug-likeness (QED) is 0.763. The molecule has 1 atom stereocenters. The lowest BCUT2D eigenvalue weighted by Crippen LogP contribution is -2.25. The van der Waals surface area contributed by atoms with Gasteiger partial charge in [0.25, 0.3) is 0 Å². The second-order valence-electron chi connectivity index (χ2n) is 7.90. The second-order valence-corrected chi connectivity index (χ2v) is 7.90. The fourth-order valence-electron chi connectivity index (χ4n) is 4.07. The first-order valence-electron chi connectivity index (χ1n) is 10.6. The zero-order valence-corrected chi connectivity index (χ0v) is 17.6. The first-order chi connectivity index (χ1) is 14.5. The molecule has 0 radical (unpaired) electrons. The van der Waals surface area contributed by atoms with Gasteiger partial charge in [0, 0.05) is 42.7 Å². The summed E-state index contributed by atoms with van der Waals surface area (Å²) in [7, 11) is 0. The maximum Gasteiger partial charge on any atom is 0.227 e. The number of ether oxygens (including phenoxy) is 2. The molecule has 6 heteroatoms. The Bertz CT molecular complexity index is 939. The predicted octanol–water partition coefficient (Wildman–Crippen LogP) is 3.39. The maximum absolute atomic E-state index is 12.5. The van der Waals surface area contributed by atoms with Crippen LogP contribution in [0.3, 0.4) is 0 Å². The number of amides is 2. The van der Waals surface area contributed by atoms with Gasteiger partial charge < -0.3 is 19.7 Å². The van der Waals surface area contributed by atoms with Gasteiger partial charge in [-0.3, -0.25) is 9.59 Å². The van der Waals surface area contributed by atoms with Crippen LogP contribution in [0.2, 0.25) is 0 Å². The summed E-state index contributed by atoms with van der Waals surface area (Å²) in [5.41, 5.74) is 3.88. The Labute approximate surface area is 177 Å². The first-order valence-corrected chi connectivity index (χ1v) is 10.6. The number of nitrogens with one attached hydrogen (secondary N) is 1. The monoisotopic (exact) mass is 408 g/mol. The van der Waals surface area contributed by atoms with Gasteiger partial charge in [0.15, 0.2) is 0 Å². The molecule has 2 aromatic carbocycles. The van der Waals surface area contributed by atoms with Crippen molar-refractivity contribution < 1.29 is 19.1 Å². The zero-order valence-electron chi connectivity index (χ0n) is 17.6. The van der Waals surface area contributed by atoms with Gasteiger partial charge in [-0.1, -0.05) is 12.1 Å². The molecule has 1 fully saturated rings. The third-order valence-corrected chi connectivity index (χ3v) is 5.54. The smallest absolute Gasteiger partial charge is 0.227 e. The summed E-state index contributed by atoms with van der Waals surface area (Å²) in [5, 5.41) is 2.99. The number of anilines is 1. The van der Waals surface area contributed by atoms with Gasteiger partial charge in [-0.05, 0) is 50.1 Å². The molecule has 0 unspecified atom stereocenters. The van der Waals surface area contributed by atoms with Crippen molar-refractivity contribution in [3.8, 4) is 11.5 Å². The topological polar surface area (TPSA) is 67.9 Å². The van der Waals surface area contributed by atoms with Gasteiger partial charge in [-0.2, -0.15) is 0 Å². The molecule has 2 heterocycles. The Morgan fingerprint density at radius 3 is 2.77 bits per heavy atom. The van der Waals surface area contributed by atoms with E-state index in [4.69, 9.17) is 9.47 Å². The lowest BCUT2D eigenvalue weighted by molar-refractivity contribution is -0.120. The highest BCUT2D eigenvalue weighted by Crippen LogP contribution is 2.35. The summed E-state index contributed by atoms with van der Waals surface area (Å²) >= 11 is 0. The van der Waals surface area contributed by atoms with Gasteiger partial charge in [0.1, 0.15) is 17.6 Å². The highest BCUT2D eigenvalue weighted by molar-refractivity contribution is 5.95. The molecular formula is C24H28N2O4. The van der Waals surface area contributed by atoms with Crippen LogP contribution in [0.5, 0.6) is 11.5 Å². The SMILES string of the molecule is CCOc1cc2c(cc1CNC(=O)Cc1ccc(N3CCCC3=O)cc1)O[C@@H](C)C2. The van der Waals surface area contributed by atoms with Crippen LogP contribution in [-0.4, -0.2) is 31.1 Å². The molecule has 2 amide bonds.